The molecular formula is C27H28FN3O5. The molecule has 0 saturated carbocycles. The highest BCUT2D eigenvalue weighted by atomic mass is 19.1. The van der Waals surface area contributed by atoms with E-state index >= 15 is 0 Å². The molecule has 3 rings (SSSR count). The molecule has 3 aromatic rings. The minimum Gasteiger partial charge on any atom is -0.495 e. The van der Waals surface area contributed by atoms with Gasteiger partial charge >= 0.3 is 6.09 Å². The summed E-state index contributed by atoms with van der Waals surface area (Å²) >= 11 is 0. The summed E-state index contributed by atoms with van der Waals surface area (Å²) < 4.78 is 24.0. The SMILES string of the molecule is COc1ccc(NC(=O)Cc2ccc(NC(=O)OC(C)(C)C)cc2)cc1NC(=O)c1cccc(F)c1. The summed E-state index contributed by atoms with van der Waals surface area (Å²) in [5.41, 5.74) is 1.58. The zero-order chi connectivity index (χ0) is 26.3. The Labute approximate surface area is 208 Å². The smallest absolute Gasteiger partial charge is 0.412 e. The molecule has 0 aliphatic carbocycles. The van der Waals surface area contributed by atoms with Gasteiger partial charge in [0.2, 0.25) is 5.91 Å². The van der Waals surface area contributed by atoms with Crippen molar-refractivity contribution in [3.63, 3.8) is 0 Å². The van der Waals surface area contributed by atoms with Crippen molar-refractivity contribution in [2.24, 2.45) is 0 Å². The van der Waals surface area contributed by atoms with E-state index < -0.39 is 23.4 Å². The van der Waals surface area contributed by atoms with Crippen LogP contribution in [0.2, 0.25) is 0 Å². The molecule has 3 aromatic carbocycles. The lowest BCUT2D eigenvalue weighted by molar-refractivity contribution is -0.115. The van der Waals surface area contributed by atoms with Crippen LogP contribution in [0.4, 0.5) is 26.2 Å². The third kappa shape index (κ3) is 7.83. The highest BCUT2D eigenvalue weighted by Crippen LogP contribution is 2.28. The second-order valence-corrected chi connectivity index (χ2v) is 8.93. The predicted molar refractivity (Wildman–Crippen MR) is 136 cm³/mol. The maximum atomic E-state index is 13.5. The first kappa shape index (κ1) is 26.2. The summed E-state index contributed by atoms with van der Waals surface area (Å²) in [5, 5.41) is 8.10. The highest BCUT2D eigenvalue weighted by molar-refractivity contribution is 6.05. The Hall–Kier alpha value is -4.40. The molecule has 9 heteroatoms. The molecule has 0 saturated heterocycles. The maximum Gasteiger partial charge on any atom is 0.412 e. The van der Waals surface area contributed by atoms with E-state index in [2.05, 4.69) is 16.0 Å². The van der Waals surface area contributed by atoms with Gasteiger partial charge < -0.3 is 20.1 Å². The van der Waals surface area contributed by atoms with Gasteiger partial charge in [-0.05, 0) is 74.9 Å². The van der Waals surface area contributed by atoms with E-state index in [0.717, 1.165) is 11.6 Å². The van der Waals surface area contributed by atoms with Crippen LogP contribution >= 0.6 is 0 Å². The molecular weight excluding hydrogens is 465 g/mol. The van der Waals surface area contributed by atoms with Crippen LogP contribution in [-0.2, 0) is 16.0 Å². The van der Waals surface area contributed by atoms with Crippen molar-refractivity contribution in [3.05, 3.63) is 83.7 Å². The van der Waals surface area contributed by atoms with Crippen molar-refractivity contribution in [3.8, 4) is 5.75 Å². The molecule has 0 bridgehead atoms. The van der Waals surface area contributed by atoms with Gasteiger partial charge in [0, 0.05) is 16.9 Å². The second-order valence-electron chi connectivity index (χ2n) is 8.93. The fourth-order valence-electron chi connectivity index (χ4n) is 3.23. The van der Waals surface area contributed by atoms with Gasteiger partial charge in [-0.1, -0.05) is 18.2 Å². The Morgan fingerprint density at radius 3 is 2.19 bits per heavy atom. The summed E-state index contributed by atoms with van der Waals surface area (Å²) in [6, 6.07) is 16.9. The Morgan fingerprint density at radius 1 is 0.861 bits per heavy atom. The summed E-state index contributed by atoms with van der Waals surface area (Å²) in [7, 11) is 1.45. The van der Waals surface area contributed by atoms with Crippen LogP contribution in [-0.4, -0.2) is 30.6 Å². The molecule has 3 N–H and O–H groups in total. The summed E-state index contributed by atoms with van der Waals surface area (Å²) in [4.78, 5) is 37.0. The molecule has 0 aliphatic heterocycles. The minimum absolute atomic E-state index is 0.0870. The first-order valence-corrected chi connectivity index (χ1v) is 11.2. The molecule has 0 radical (unpaired) electrons. The molecule has 8 nitrogen and oxygen atoms in total. The fraction of sp³-hybridized carbons (Fsp3) is 0.222. The van der Waals surface area contributed by atoms with E-state index in [-0.39, 0.29) is 17.9 Å². The number of amides is 3. The van der Waals surface area contributed by atoms with E-state index in [1.165, 1.54) is 25.3 Å². The van der Waals surface area contributed by atoms with Gasteiger partial charge in [-0.2, -0.15) is 0 Å². The number of halogens is 1. The Bertz CT molecular complexity index is 1250. The normalized spacial score (nSPS) is 10.8. The number of hydrogen-bond donors (Lipinski definition) is 3. The van der Waals surface area contributed by atoms with E-state index in [1.807, 2.05) is 0 Å². The van der Waals surface area contributed by atoms with Crippen LogP contribution in [0.5, 0.6) is 5.75 Å². The van der Waals surface area contributed by atoms with Crippen LogP contribution in [0, 0.1) is 5.82 Å². The average molecular weight is 494 g/mol. The number of ether oxygens (including phenoxy) is 2. The van der Waals surface area contributed by atoms with E-state index in [0.29, 0.717) is 22.8 Å². The van der Waals surface area contributed by atoms with Crippen LogP contribution in [0.25, 0.3) is 0 Å². The Morgan fingerprint density at radius 2 is 1.56 bits per heavy atom. The monoisotopic (exact) mass is 493 g/mol. The van der Waals surface area contributed by atoms with Gasteiger partial charge in [0.05, 0.1) is 19.2 Å². The lowest BCUT2D eigenvalue weighted by Gasteiger charge is -2.19. The number of carbonyl (C=O) groups excluding carboxylic acids is 3. The maximum absolute atomic E-state index is 13.5. The molecule has 0 fully saturated rings. The number of nitrogens with one attached hydrogen (secondary N) is 3. The van der Waals surface area contributed by atoms with Gasteiger partial charge in [-0.3, -0.25) is 14.9 Å². The number of anilines is 3. The number of methoxy groups -OCH3 is 1. The van der Waals surface area contributed by atoms with Crippen molar-refractivity contribution in [1.82, 2.24) is 0 Å². The number of hydrogen-bond acceptors (Lipinski definition) is 5. The first-order chi connectivity index (χ1) is 17.0. The van der Waals surface area contributed by atoms with E-state index in [4.69, 9.17) is 9.47 Å². The highest BCUT2D eigenvalue weighted by Gasteiger charge is 2.16. The minimum atomic E-state index is -0.605. The molecule has 0 atom stereocenters. The third-order valence-corrected chi connectivity index (χ3v) is 4.78. The first-order valence-electron chi connectivity index (χ1n) is 11.2. The number of carbonyl (C=O) groups is 3. The van der Waals surface area contributed by atoms with E-state index in [1.54, 1.807) is 63.2 Å². The van der Waals surface area contributed by atoms with Gasteiger partial charge in [-0.15, -0.1) is 0 Å². The lowest BCUT2D eigenvalue weighted by atomic mass is 10.1. The largest absolute Gasteiger partial charge is 0.495 e. The van der Waals surface area contributed by atoms with Crippen LogP contribution < -0.4 is 20.7 Å². The Kier molecular flexibility index (Phi) is 8.26. The van der Waals surface area contributed by atoms with Gasteiger partial charge in [0.1, 0.15) is 17.2 Å². The number of benzene rings is 3. The third-order valence-electron chi connectivity index (χ3n) is 4.78. The van der Waals surface area contributed by atoms with Crippen LogP contribution in [0.3, 0.4) is 0 Å². The van der Waals surface area contributed by atoms with Crippen molar-refractivity contribution in [2.45, 2.75) is 32.8 Å². The standard InChI is InChI=1S/C27H28FN3O5/c1-27(2,3)36-26(34)30-20-10-8-17(9-11-20)14-24(32)29-21-12-13-23(35-4)22(16-21)31-25(33)18-6-5-7-19(28)15-18/h5-13,15-16H,14H2,1-4H3,(H,29,32)(H,30,34)(H,31,33). The molecule has 0 heterocycles. The number of rotatable bonds is 7. The molecule has 188 valence electrons. The van der Waals surface area contributed by atoms with E-state index in [9.17, 15) is 18.8 Å². The van der Waals surface area contributed by atoms with Crippen molar-refractivity contribution in [2.75, 3.05) is 23.1 Å². The zero-order valence-corrected chi connectivity index (χ0v) is 20.5. The average Bonchev–Trinajstić information content (AvgIpc) is 2.79. The zero-order valence-electron chi connectivity index (χ0n) is 20.5. The summed E-state index contributed by atoms with van der Waals surface area (Å²) in [6.45, 7) is 5.33. The van der Waals surface area contributed by atoms with Gasteiger partial charge in [0.15, 0.2) is 0 Å². The second kappa shape index (κ2) is 11.4. The van der Waals surface area contributed by atoms with Crippen molar-refractivity contribution >= 4 is 35.0 Å². The quantitative estimate of drug-likeness (QED) is 0.396. The van der Waals surface area contributed by atoms with Crippen LogP contribution in [0.15, 0.2) is 66.7 Å². The predicted octanol–water partition coefficient (Wildman–Crippen LogP) is 5.61. The van der Waals surface area contributed by atoms with Crippen molar-refractivity contribution in [1.29, 1.82) is 0 Å². The topological polar surface area (TPSA) is 106 Å². The molecule has 0 aliphatic rings. The van der Waals surface area contributed by atoms with Gasteiger partial charge in [0.25, 0.3) is 5.91 Å². The van der Waals surface area contributed by atoms with Gasteiger partial charge in [-0.25, -0.2) is 9.18 Å². The molecule has 3 amide bonds. The molecule has 0 aromatic heterocycles. The fourth-order valence-corrected chi connectivity index (χ4v) is 3.23. The summed E-state index contributed by atoms with van der Waals surface area (Å²) in [5.74, 6) is -0.943. The molecule has 0 unspecified atom stereocenters. The molecule has 36 heavy (non-hydrogen) atoms. The Balaban J connectivity index is 1.62. The lowest BCUT2D eigenvalue weighted by Crippen LogP contribution is -2.27. The molecule has 0 spiro atoms. The van der Waals surface area contributed by atoms with Crippen molar-refractivity contribution < 1.29 is 28.2 Å². The summed E-state index contributed by atoms with van der Waals surface area (Å²) in [6.07, 6.45) is -0.475. The van der Waals surface area contributed by atoms with Crippen LogP contribution in [0.1, 0.15) is 36.7 Å².